The highest BCUT2D eigenvalue weighted by Crippen LogP contribution is 2.41. The minimum Gasteiger partial charge on any atom is -0.463 e. The average Bonchev–Trinajstić information content (AvgIpc) is 2.79. The van der Waals surface area contributed by atoms with Crippen LogP contribution in [0, 0.1) is 18.2 Å². The quantitative estimate of drug-likeness (QED) is 0.271. The average molecular weight is 466 g/mol. The van der Waals surface area contributed by atoms with Crippen LogP contribution in [0.4, 0.5) is 14.5 Å². The highest BCUT2D eigenvalue weighted by Gasteiger charge is 2.42. The molecule has 168 valence electrons. The smallest absolute Gasteiger partial charge is 0.284 e. The van der Waals surface area contributed by atoms with Crippen LogP contribution in [0.15, 0.2) is 29.5 Å². The van der Waals surface area contributed by atoms with Crippen molar-refractivity contribution in [1.82, 2.24) is 15.4 Å². The van der Waals surface area contributed by atoms with Crippen molar-refractivity contribution in [1.29, 1.82) is 0 Å². The Bertz CT molecular complexity index is 1080. The second kappa shape index (κ2) is 9.73. The van der Waals surface area contributed by atoms with E-state index < -0.39 is 30.2 Å². The molecule has 2 aromatic rings. The number of benzene rings is 1. The molecule has 1 aromatic carbocycles. The minimum atomic E-state index is -1.69. The summed E-state index contributed by atoms with van der Waals surface area (Å²) in [6, 6.07) is 1.90. The van der Waals surface area contributed by atoms with Gasteiger partial charge in [-0.1, -0.05) is 17.5 Å². The van der Waals surface area contributed by atoms with Crippen LogP contribution in [0.25, 0.3) is 0 Å². The van der Waals surface area contributed by atoms with Crippen molar-refractivity contribution in [2.75, 3.05) is 18.6 Å². The number of hydrogen-bond acceptors (Lipinski definition) is 9. The normalized spacial score (nSPS) is 20.0. The Kier molecular flexibility index (Phi) is 7.04. The fourth-order valence-electron chi connectivity index (χ4n) is 3.02. The van der Waals surface area contributed by atoms with Crippen LogP contribution in [0.1, 0.15) is 22.5 Å². The van der Waals surface area contributed by atoms with Gasteiger partial charge in [-0.05, 0) is 12.1 Å². The predicted molar refractivity (Wildman–Crippen MR) is 112 cm³/mol. The number of amides is 1. The number of ether oxygens (including phenoxy) is 2. The fraction of sp³-hybridized carbons (Fsp3) is 0.263. The summed E-state index contributed by atoms with van der Waals surface area (Å²) in [7, 11) is 0. The van der Waals surface area contributed by atoms with E-state index in [1.54, 1.807) is 0 Å². The molecule has 1 amide bonds. The largest absolute Gasteiger partial charge is 0.463 e. The molecular weight excluding hydrogens is 448 g/mol. The van der Waals surface area contributed by atoms with Gasteiger partial charge in [0.25, 0.3) is 11.9 Å². The standard InChI is InChI=1S/C19H18ClF2N7O3/c1-2-3-31-15-8-25-13(7-26-15)17(30)27-10-4-11(16(20)12(22)5-10)19(9-21)6-14(29-24)32-18(23)28-19/h1,4-5,7-8,14,29H,3,6,9,24H2,(H2,23,28)(H,27,30)/t14-,19-/m0/s1. The molecule has 0 saturated carbocycles. The van der Waals surface area contributed by atoms with Crippen LogP contribution in [0.2, 0.25) is 5.02 Å². The molecule has 1 aliphatic heterocycles. The van der Waals surface area contributed by atoms with Crippen molar-refractivity contribution in [2.24, 2.45) is 16.6 Å². The first-order valence-corrected chi connectivity index (χ1v) is 9.43. The van der Waals surface area contributed by atoms with Crippen molar-refractivity contribution in [2.45, 2.75) is 18.2 Å². The maximum atomic E-state index is 14.6. The van der Waals surface area contributed by atoms with Gasteiger partial charge in [0.1, 0.15) is 23.7 Å². The summed E-state index contributed by atoms with van der Waals surface area (Å²) in [6.07, 6.45) is 6.41. The highest BCUT2D eigenvalue weighted by molar-refractivity contribution is 6.31. The molecule has 0 radical (unpaired) electrons. The number of aliphatic imine (C=N–C) groups is 1. The molecule has 32 heavy (non-hydrogen) atoms. The number of hydrogen-bond donors (Lipinski definition) is 4. The third-order valence-electron chi connectivity index (χ3n) is 4.47. The molecule has 3 rings (SSSR count). The number of carbonyl (C=O) groups excluding carboxylic acids is 1. The van der Waals surface area contributed by atoms with Gasteiger partial charge >= 0.3 is 0 Å². The summed E-state index contributed by atoms with van der Waals surface area (Å²) in [6.45, 7) is -1.10. The molecule has 0 fully saturated rings. The zero-order valence-corrected chi connectivity index (χ0v) is 17.2. The Morgan fingerprint density at radius 3 is 2.84 bits per heavy atom. The topological polar surface area (TPSA) is 150 Å². The Hall–Kier alpha value is -3.53. The van der Waals surface area contributed by atoms with Gasteiger partial charge in [-0.25, -0.2) is 29.2 Å². The molecule has 0 unspecified atom stereocenters. The van der Waals surface area contributed by atoms with Gasteiger partial charge in [-0.2, -0.15) is 0 Å². The lowest BCUT2D eigenvalue weighted by atomic mass is 9.86. The number of hydrazine groups is 1. The number of nitrogens with one attached hydrogen (secondary N) is 2. The lowest BCUT2D eigenvalue weighted by Crippen LogP contribution is -2.50. The number of aromatic nitrogens is 2. The highest BCUT2D eigenvalue weighted by atomic mass is 35.5. The van der Waals surface area contributed by atoms with E-state index >= 15 is 0 Å². The molecule has 1 aliphatic rings. The lowest BCUT2D eigenvalue weighted by molar-refractivity contribution is 0.0747. The van der Waals surface area contributed by atoms with E-state index in [-0.39, 0.29) is 46.9 Å². The number of nitrogens with zero attached hydrogens (tertiary/aromatic N) is 3. The van der Waals surface area contributed by atoms with Crippen LogP contribution in [0.3, 0.4) is 0 Å². The second-order valence-corrected chi connectivity index (χ2v) is 6.98. The van der Waals surface area contributed by atoms with E-state index in [1.807, 2.05) is 0 Å². The summed E-state index contributed by atoms with van der Waals surface area (Å²) in [5, 5.41) is 2.07. The molecule has 0 saturated heterocycles. The van der Waals surface area contributed by atoms with Crippen molar-refractivity contribution in [3.63, 3.8) is 0 Å². The fourth-order valence-corrected chi connectivity index (χ4v) is 3.30. The van der Waals surface area contributed by atoms with Crippen LogP contribution in [-0.2, 0) is 10.3 Å². The van der Waals surface area contributed by atoms with Crippen molar-refractivity contribution in [3.8, 4) is 18.2 Å². The first kappa shape index (κ1) is 23.1. The number of alkyl halides is 1. The van der Waals surface area contributed by atoms with Gasteiger partial charge < -0.3 is 20.5 Å². The van der Waals surface area contributed by atoms with Gasteiger partial charge in [0.2, 0.25) is 5.88 Å². The minimum absolute atomic E-state index is 0.0120. The molecule has 2 atom stereocenters. The van der Waals surface area contributed by atoms with E-state index in [9.17, 15) is 13.6 Å². The SMILES string of the molecule is C#CCOc1cnc(C(=O)Nc2cc(F)c(Cl)c([C@@]3(CF)C[C@@H](NN)OC(N)=N3)c2)cn1. The van der Waals surface area contributed by atoms with Crippen LogP contribution in [-0.4, -0.2) is 41.4 Å². The Morgan fingerprint density at radius 2 is 2.22 bits per heavy atom. The number of halogens is 3. The summed E-state index contributed by atoms with van der Waals surface area (Å²) in [4.78, 5) is 24.3. The van der Waals surface area contributed by atoms with Gasteiger partial charge in [-0.15, -0.1) is 6.42 Å². The number of terminal acetylenes is 1. The molecule has 1 aromatic heterocycles. The molecular formula is C19H18ClF2N7O3. The first-order chi connectivity index (χ1) is 15.3. The Morgan fingerprint density at radius 1 is 1.44 bits per heavy atom. The molecule has 6 N–H and O–H groups in total. The number of amidine groups is 1. The summed E-state index contributed by atoms with van der Waals surface area (Å²) in [5.41, 5.74) is 6.11. The second-order valence-electron chi connectivity index (χ2n) is 6.60. The molecule has 2 heterocycles. The van der Waals surface area contributed by atoms with Gasteiger partial charge in [0.05, 0.1) is 17.4 Å². The van der Waals surface area contributed by atoms with E-state index in [0.717, 1.165) is 12.3 Å². The Labute approximate surface area is 186 Å². The number of nitrogens with two attached hydrogens (primary N) is 2. The van der Waals surface area contributed by atoms with Crippen molar-refractivity contribution >= 4 is 29.2 Å². The van der Waals surface area contributed by atoms with Gasteiger partial charge in [-0.3, -0.25) is 10.6 Å². The first-order valence-electron chi connectivity index (χ1n) is 9.05. The van der Waals surface area contributed by atoms with Crippen LogP contribution < -0.4 is 27.1 Å². The molecule has 10 nitrogen and oxygen atoms in total. The number of rotatable bonds is 7. The molecule has 0 aliphatic carbocycles. The van der Waals surface area contributed by atoms with E-state index in [2.05, 4.69) is 31.6 Å². The maximum Gasteiger partial charge on any atom is 0.284 e. The number of carbonyl (C=O) groups is 1. The predicted octanol–water partition coefficient (Wildman–Crippen LogP) is 1.22. The van der Waals surface area contributed by atoms with Crippen molar-refractivity contribution < 1.29 is 23.0 Å². The van der Waals surface area contributed by atoms with Crippen LogP contribution >= 0.6 is 11.6 Å². The van der Waals surface area contributed by atoms with E-state index in [1.165, 1.54) is 12.3 Å². The lowest BCUT2D eigenvalue weighted by Gasteiger charge is -2.36. The summed E-state index contributed by atoms with van der Waals surface area (Å²) in [5.74, 6) is 6.16. The molecule has 13 heteroatoms. The monoisotopic (exact) mass is 465 g/mol. The summed E-state index contributed by atoms with van der Waals surface area (Å²) < 4.78 is 39.0. The third-order valence-corrected chi connectivity index (χ3v) is 4.85. The number of anilines is 1. The third kappa shape index (κ3) is 4.86. The van der Waals surface area contributed by atoms with E-state index in [4.69, 9.17) is 39.1 Å². The zero-order chi connectivity index (χ0) is 23.3. The van der Waals surface area contributed by atoms with Crippen LogP contribution in [0.5, 0.6) is 5.88 Å². The summed E-state index contributed by atoms with van der Waals surface area (Å²) >= 11 is 6.11. The van der Waals surface area contributed by atoms with E-state index in [0.29, 0.717) is 0 Å². The van der Waals surface area contributed by atoms with Crippen molar-refractivity contribution in [3.05, 3.63) is 46.6 Å². The Balaban J connectivity index is 1.90. The maximum absolute atomic E-state index is 14.6. The molecule has 0 bridgehead atoms. The molecule has 0 spiro atoms. The van der Waals surface area contributed by atoms with Gasteiger partial charge in [0, 0.05) is 17.7 Å². The zero-order valence-electron chi connectivity index (χ0n) is 16.4. The van der Waals surface area contributed by atoms with Gasteiger partial charge in [0.15, 0.2) is 12.8 Å².